The van der Waals surface area contributed by atoms with E-state index in [-0.39, 0.29) is 23.6 Å². The van der Waals surface area contributed by atoms with Gasteiger partial charge >= 0.3 is 12.4 Å². The molecule has 3 nitrogen and oxygen atoms in total. The van der Waals surface area contributed by atoms with Crippen LogP contribution in [0.3, 0.4) is 0 Å². The van der Waals surface area contributed by atoms with E-state index in [4.69, 9.17) is 4.74 Å². The summed E-state index contributed by atoms with van der Waals surface area (Å²) in [6.07, 6.45) is -8.70. The molecule has 0 aliphatic carbocycles. The minimum atomic E-state index is -4.91. The number of rotatable bonds is 4. The summed E-state index contributed by atoms with van der Waals surface area (Å²) in [5.41, 5.74) is -2.77. The first-order valence-electron chi connectivity index (χ1n) is 10.2. The maximum atomic E-state index is 13.2. The van der Waals surface area contributed by atoms with Gasteiger partial charge in [0.2, 0.25) is 0 Å². The van der Waals surface area contributed by atoms with E-state index in [9.17, 15) is 31.6 Å². The lowest BCUT2D eigenvalue weighted by Gasteiger charge is -2.42. The van der Waals surface area contributed by atoms with Crippen molar-refractivity contribution in [3.63, 3.8) is 0 Å². The summed E-state index contributed by atoms with van der Waals surface area (Å²) in [5.74, 6) is -0.255. The van der Waals surface area contributed by atoms with Gasteiger partial charge in [-0.1, -0.05) is 30.3 Å². The maximum absolute atomic E-state index is 13.2. The van der Waals surface area contributed by atoms with Gasteiger partial charge in [0.1, 0.15) is 0 Å². The van der Waals surface area contributed by atoms with Crippen LogP contribution in [-0.2, 0) is 29.2 Å². The van der Waals surface area contributed by atoms with Crippen LogP contribution in [0.25, 0.3) is 0 Å². The molecule has 2 aromatic rings. The fraction of sp³-hybridized carbons (Fsp3) is 0.435. The van der Waals surface area contributed by atoms with Crippen LogP contribution in [0.5, 0.6) is 0 Å². The Morgan fingerprint density at radius 2 is 1.59 bits per heavy atom. The highest BCUT2D eigenvalue weighted by Crippen LogP contribution is 2.47. The average molecular weight is 454 g/mol. The lowest BCUT2D eigenvalue weighted by molar-refractivity contribution is -0.143. The molecule has 2 aliphatic heterocycles. The maximum Gasteiger partial charge on any atom is 0.416 e. The number of nitriles is 1. The zero-order valence-corrected chi connectivity index (χ0v) is 16.8. The fourth-order valence-electron chi connectivity index (χ4n) is 4.84. The van der Waals surface area contributed by atoms with Gasteiger partial charge < -0.3 is 10.1 Å². The molecule has 32 heavy (non-hydrogen) atoms. The number of nitrogens with zero attached hydrogens (tertiary/aromatic N) is 1. The van der Waals surface area contributed by atoms with Gasteiger partial charge in [0.05, 0.1) is 41.4 Å². The lowest BCUT2D eigenvalue weighted by atomic mass is 9.80. The Hall–Kier alpha value is -2.57. The van der Waals surface area contributed by atoms with E-state index < -0.39 is 41.7 Å². The second kappa shape index (κ2) is 8.09. The monoisotopic (exact) mass is 454 g/mol. The Kier molecular flexibility index (Phi) is 5.72. The first-order valence-corrected chi connectivity index (χ1v) is 10.2. The van der Waals surface area contributed by atoms with Gasteiger partial charge in [0.25, 0.3) is 0 Å². The number of nitrogens with one attached hydrogen (secondary N) is 1. The van der Waals surface area contributed by atoms with E-state index >= 15 is 0 Å². The molecule has 0 saturated carbocycles. The molecule has 2 bridgehead atoms. The Balaban J connectivity index is 1.64. The van der Waals surface area contributed by atoms with Crippen LogP contribution in [0.15, 0.2) is 48.5 Å². The SMILES string of the molecule is N#CC1CC2(c3ccccc3)NC1CCC2OCc1cc(C(F)(F)F)cc(C(F)(F)F)c1. The molecule has 2 heterocycles. The van der Waals surface area contributed by atoms with Crippen molar-refractivity contribution in [1.29, 1.82) is 5.26 Å². The predicted octanol–water partition coefficient (Wildman–Crippen LogP) is 5.80. The number of halogens is 6. The average Bonchev–Trinajstić information content (AvgIpc) is 3.06. The highest BCUT2D eigenvalue weighted by Gasteiger charge is 2.54. The quantitative estimate of drug-likeness (QED) is 0.594. The largest absolute Gasteiger partial charge is 0.416 e. The lowest BCUT2D eigenvalue weighted by Crippen LogP contribution is -2.54. The van der Waals surface area contributed by atoms with Crippen molar-refractivity contribution in [3.8, 4) is 6.07 Å². The molecule has 2 aromatic carbocycles. The molecular weight excluding hydrogens is 434 g/mol. The van der Waals surface area contributed by atoms with Crippen molar-refractivity contribution in [2.45, 2.75) is 55.9 Å². The van der Waals surface area contributed by atoms with Gasteiger partial charge in [-0.3, -0.25) is 0 Å². The van der Waals surface area contributed by atoms with E-state index in [1.807, 2.05) is 30.3 Å². The Bertz CT molecular complexity index is 982. The van der Waals surface area contributed by atoms with Crippen molar-refractivity contribution in [2.75, 3.05) is 0 Å². The molecule has 1 N–H and O–H groups in total. The Morgan fingerprint density at radius 3 is 2.16 bits per heavy atom. The molecular formula is C23H20F6N2O. The number of hydrogen-bond donors (Lipinski definition) is 1. The summed E-state index contributed by atoms with van der Waals surface area (Å²) >= 11 is 0. The van der Waals surface area contributed by atoms with Gasteiger partial charge in [-0.25, -0.2) is 0 Å². The molecule has 0 radical (unpaired) electrons. The van der Waals surface area contributed by atoms with Crippen molar-refractivity contribution in [2.24, 2.45) is 5.92 Å². The summed E-state index contributed by atoms with van der Waals surface area (Å²) in [7, 11) is 0. The number of ether oxygens (including phenoxy) is 1. The van der Waals surface area contributed by atoms with Gasteiger partial charge in [0.15, 0.2) is 0 Å². The number of piperidine rings is 1. The van der Waals surface area contributed by atoms with Gasteiger partial charge in [0, 0.05) is 6.04 Å². The first kappa shape index (κ1) is 22.6. The smallest absolute Gasteiger partial charge is 0.371 e. The van der Waals surface area contributed by atoms with Crippen LogP contribution in [0.1, 0.15) is 41.5 Å². The van der Waals surface area contributed by atoms with Gasteiger partial charge in [-0.15, -0.1) is 0 Å². The number of fused-ring (bicyclic) bond motifs is 2. The van der Waals surface area contributed by atoms with Crippen LogP contribution < -0.4 is 5.32 Å². The molecule has 9 heteroatoms. The van der Waals surface area contributed by atoms with E-state index in [0.29, 0.717) is 31.4 Å². The molecule has 4 atom stereocenters. The third-order valence-corrected chi connectivity index (χ3v) is 6.31. The Labute approximate surface area is 181 Å². The van der Waals surface area contributed by atoms with Crippen LogP contribution in [-0.4, -0.2) is 12.1 Å². The van der Waals surface area contributed by atoms with Crippen LogP contribution in [0, 0.1) is 17.2 Å². The van der Waals surface area contributed by atoms with E-state index in [1.54, 1.807) is 0 Å². The van der Waals surface area contributed by atoms with Crippen LogP contribution in [0.2, 0.25) is 0 Å². The molecule has 2 saturated heterocycles. The molecule has 4 unspecified atom stereocenters. The second-order valence-electron chi connectivity index (χ2n) is 8.32. The van der Waals surface area contributed by atoms with Crippen molar-refractivity contribution in [3.05, 3.63) is 70.8 Å². The summed E-state index contributed by atoms with van der Waals surface area (Å²) in [6.45, 7) is -0.407. The Morgan fingerprint density at radius 1 is 0.969 bits per heavy atom. The summed E-state index contributed by atoms with van der Waals surface area (Å²) in [5, 5.41) is 13.0. The topological polar surface area (TPSA) is 45.0 Å². The highest BCUT2D eigenvalue weighted by atomic mass is 19.4. The highest BCUT2D eigenvalue weighted by molar-refractivity contribution is 5.34. The summed E-state index contributed by atoms with van der Waals surface area (Å²) in [4.78, 5) is 0. The first-order chi connectivity index (χ1) is 15.0. The molecule has 4 rings (SSSR count). The van der Waals surface area contributed by atoms with Gasteiger partial charge in [-0.2, -0.15) is 31.6 Å². The van der Waals surface area contributed by atoms with Crippen LogP contribution >= 0.6 is 0 Å². The fourth-order valence-corrected chi connectivity index (χ4v) is 4.84. The molecule has 0 amide bonds. The zero-order chi connectivity index (χ0) is 23.1. The minimum absolute atomic E-state index is 0.0366. The van der Waals surface area contributed by atoms with Crippen molar-refractivity contribution in [1.82, 2.24) is 5.32 Å². The summed E-state index contributed by atoms with van der Waals surface area (Å²) < 4.78 is 85.0. The summed E-state index contributed by atoms with van der Waals surface area (Å²) in [6, 6.07) is 13.1. The zero-order valence-electron chi connectivity index (χ0n) is 16.8. The van der Waals surface area contributed by atoms with E-state index in [2.05, 4.69) is 11.4 Å². The molecule has 0 spiro atoms. The van der Waals surface area contributed by atoms with Crippen LogP contribution in [0.4, 0.5) is 26.3 Å². The number of hydrogen-bond acceptors (Lipinski definition) is 3. The second-order valence-corrected chi connectivity index (χ2v) is 8.32. The minimum Gasteiger partial charge on any atom is -0.371 e. The van der Waals surface area contributed by atoms with Crippen molar-refractivity contribution < 1.29 is 31.1 Å². The van der Waals surface area contributed by atoms with E-state index in [1.165, 1.54) is 0 Å². The molecule has 0 aromatic heterocycles. The predicted molar refractivity (Wildman–Crippen MR) is 103 cm³/mol. The standard InChI is InChI=1S/C23H20F6N2O/c24-22(25,26)17-8-14(9-18(10-17)23(27,28)29)13-32-20-7-6-19-15(12-30)11-21(20,31-19)16-4-2-1-3-5-16/h1-5,8-10,15,19-20,31H,6-7,11,13H2. The number of alkyl halides is 6. The third kappa shape index (κ3) is 4.21. The normalized spacial score (nSPS) is 27.8. The molecule has 2 fully saturated rings. The molecule has 2 aliphatic rings. The van der Waals surface area contributed by atoms with Gasteiger partial charge in [-0.05, 0) is 48.6 Å². The van der Waals surface area contributed by atoms with Crippen molar-refractivity contribution >= 4 is 0 Å². The molecule has 170 valence electrons. The van der Waals surface area contributed by atoms with E-state index in [0.717, 1.165) is 5.56 Å². The number of benzene rings is 2. The third-order valence-electron chi connectivity index (χ3n) is 6.31.